The van der Waals surface area contributed by atoms with Crippen molar-refractivity contribution in [1.82, 2.24) is 24.8 Å². The molecular formula is C20H25F3N6. The monoisotopic (exact) mass is 406 g/mol. The third-order valence-electron chi connectivity index (χ3n) is 5.70. The maximum atomic E-state index is 12.7. The zero-order valence-corrected chi connectivity index (χ0v) is 16.5. The van der Waals surface area contributed by atoms with Crippen molar-refractivity contribution in [3.8, 4) is 11.1 Å². The van der Waals surface area contributed by atoms with Gasteiger partial charge in [0.05, 0.1) is 24.3 Å². The number of hydrogen-bond donors (Lipinski definition) is 2. The van der Waals surface area contributed by atoms with E-state index in [1.54, 1.807) is 12.4 Å². The standard InChI is InChI=1S/C20H25F3N6/c1-12-3-5-14(6-4-12)17-7-16(15-9-25-26-10-15)18-11-24-19(28-29(17)18)27-13(2)8-20(21,22)23/h7,9-14H,3-6,8H2,1-2H3,(H,25,26)(H,27,28)/t12?,13-,14?/m0/s1. The van der Waals surface area contributed by atoms with Crippen LogP contribution in [0.2, 0.25) is 0 Å². The molecule has 0 saturated heterocycles. The number of hydrogen-bond acceptors (Lipinski definition) is 4. The molecule has 0 amide bonds. The van der Waals surface area contributed by atoms with Crippen molar-refractivity contribution in [3.05, 3.63) is 30.4 Å². The van der Waals surface area contributed by atoms with E-state index in [0.29, 0.717) is 5.92 Å². The second-order valence-corrected chi connectivity index (χ2v) is 8.17. The molecule has 1 aliphatic rings. The van der Waals surface area contributed by atoms with Gasteiger partial charge in [0.2, 0.25) is 5.95 Å². The molecule has 1 fully saturated rings. The largest absolute Gasteiger partial charge is 0.391 e. The number of fused-ring (bicyclic) bond motifs is 1. The number of nitrogens with zero attached hydrogens (tertiary/aromatic N) is 4. The molecule has 1 saturated carbocycles. The van der Waals surface area contributed by atoms with Gasteiger partial charge >= 0.3 is 6.18 Å². The zero-order valence-electron chi connectivity index (χ0n) is 16.5. The minimum atomic E-state index is -4.23. The Labute approximate surface area is 166 Å². The first-order valence-electron chi connectivity index (χ1n) is 10.0. The fourth-order valence-electron chi connectivity index (χ4n) is 4.18. The number of alkyl halides is 3. The average molecular weight is 406 g/mol. The summed E-state index contributed by atoms with van der Waals surface area (Å²) in [5, 5.41) is 14.2. The van der Waals surface area contributed by atoms with E-state index >= 15 is 0 Å². The van der Waals surface area contributed by atoms with Gasteiger partial charge in [0, 0.05) is 35.0 Å². The van der Waals surface area contributed by atoms with E-state index in [0.717, 1.165) is 53.9 Å². The van der Waals surface area contributed by atoms with E-state index in [4.69, 9.17) is 0 Å². The highest BCUT2D eigenvalue weighted by molar-refractivity contribution is 5.80. The minimum absolute atomic E-state index is 0.203. The van der Waals surface area contributed by atoms with Gasteiger partial charge in [-0.2, -0.15) is 18.3 Å². The second-order valence-electron chi connectivity index (χ2n) is 8.17. The molecule has 156 valence electrons. The molecular weight excluding hydrogens is 381 g/mol. The van der Waals surface area contributed by atoms with Crippen LogP contribution < -0.4 is 5.32 Å². The molecule has 0 aromatic carbocycles. The predicted octanol–water partition coefficient (Wildman–Crippen LogP) is 5.17. The van der Waals surface area contributed by atoms with Crippen molar-refractivity contribution in [2.75, 3.05) is 5.32 Å². The summed E-state index contributed by atoms with van der Waals surface area (Å²) in [6, 6.07) is 1.31. The molecule has 0 aliphatic heterocycles. The molecule has 3 aromatic heterocycles. The summed E-state index contributed by atoms with van der Waals surface area (Å²) in [7, 11) is 0. The smallest absolute Gasteiger partial charge is 0.350 e. The van der Waals surface area contributed by atoms with E-state index < -0.39 is 18.6 Å². The number of anilines is 1. The molecule has 6 nitrogen and oxygen atoms in total. The van der Waals surface area contributed by atoms with Gasteiger partial charge < -0.3 is 5.32 Å². The van der Waals surface area contributed by atoms with Crippen molar-refractivity contribution in [3.63, 3.8) is 0 Å². The summed E-state index contributed by atoms with van der Waals surface area (Å²) < 4.78 is 39.8. The van der Waals surface area contributed by atoms with Gasteiger partial charge in [-0.1, -0.05) is 19.8 Å². The lowest BCUT2D eigenvalue weighted by molar-refractivity contribution is -0.136. The molecule has 3 aromatic rings. The van der Waals surface area contributed by atoms with Crippen molar-refractivity contribution in [2.24, 2.45) is 5.92 Å². The van der Waals surface area contributed by atoms with Crippen molar-refractivity contribution in [1.29, 1.82) is 0 Å². The normalized spacial score (nSPS) is 21.4. The van der Waals surface area contributed by atoms with E-state index in [1.807, 2.05) is 10.7 Å². The van der Waals surface area contributed by atoms with Crippen LogP contribution in [0.5, 0.6) is 0 Å². The zero-order chi connectivity index (χ0) is 20.6. The molecule has 2 N–H and O–H groups in total. The van der Waals surface area contributed by atoms with E-state index in [9.17, 15) is 13.2 Å². The van der Waals surface area contributed by atoms with Gasteiger partial charge in [-0.15, -0.1) is 5.10 Å². The maximum absolute atomic E-state index is 12.7. The van der Waals surface area contributed by atoms with Gasteiger partial charge in [-0.05, 0) is 31.7 Å². The molecule has 0 unspecified atom stereocenters. The summed E-state index contributed by atoms with van der Waals surface area (Å²) >= 11 is 0. The van der Waals surface area contributed by atoms with Crippen LogP contribution >= 0.6 is 0 Å². The van der Waals surface area contributed by atoms with Gasteiger partial charge in [0.1, 0.15) is 0 Å². The summed E-state index contributed by atoms with van der Waals surface area (Å²) in [5.41, 5.74) is 3.82. The molecule has 0 bridgehead atoms. The summed E-state index contributed by atoms with van der Waals surface area (Å²) in [5.74, 6) is 1.30. The van der Waals surface area contributed by atoms with Crippen LogP contribution in [0.1, 0.15) is 57.6 Å². The lowest BCUT2D eigenvalue weighted by Crippen LogP contribution is -2.25. The molecule has 0 spiro atoms. The SMILES string of the molecule is CC1CCC(c2cc(-c3cn[nH]c3)c3cnc(N[C@@H](C)CC(F)(F)F)nn23)CC1. The highest BCUT2D eigenvalue weighted by Crippen LogP contribution is 2.39. The lowest BCUT2D eigenvalue weighted by Gasteiger charge is -2.25. The lowest BCUT2D eigenvalue weighted by atomic mass is 9.81. The van der Waals surface area contributed by atoms with Crippen LogP contribution in [-0.4, -0.2) is 37.0 Å². The number of rotatable bonds is 5. The van der Waals surface area contributed by atoms with Crippen LogP contribution in [0.15, 0.2) is 24.7 Å². The topological polar surface area (TPSA) is 70.9 Å². The van der Waals surface area contributed by atoms with Crippen molar-refractivity contribution >= 4 is 11.5 Å². The van der Waals surface area contributed by atoms with Gasteiger partial charge in [0.25, 0.3) is 0 Å². The van der Waals surface area contributed by atoms with Gasteiger partial charge in [0.15, 0.2) is 0 Å². The van der Waals surface area contributed by atoms with Gasteiger partial charge in [-0.3, -0.25) is 5.10 Å². The Kier molecular flexibility index (Phi) is 5.23. The first kappa shape index (κ1) is 19.7. The molecule has 0 radical (unpaired) electrons. The first-order valence-corrected chi connectivity index (χ1v) is 10.0. The average Bonchev–Trinajstić information content (AvgIpc) is 3.28. The maximum Gasteiger partial charge on any atom is 0.391 e. The third kappa shape index (κ3) is 4.38. The van der Waals surface area contributed by atoms with E-state index in [1.165, 1.54) is 6.92 Å². The number of aromatic amines is 1. The third-order valence-corrected chi connectivity index (χ3v) is 5.70. The van der Waals surface area contributed by atoms with Crippen LogP contribution in [0, 0.1) is 5.92 Å². The summed E-state index contributed by atoms with van der Waals surface area (Å²) in [4.78, 5) is 4.28. The highest BCUT2D eigenvalue weighted by Gasteiger charge is 2.30. The molecule has 3 heterocycles. The first-order chi connectivity index (χ1) is 13.8. The fourth-order valence-corrected chi connectivity index (χ4v) is 4.18. The molecule has 1 aliphatic carbocycles. The highest BCUT2D eigenvalue weighted by atomic mass is 19.4. The Morgan fingerprint density at radius 2 is 2.00 bits per heavy atom. The molecule has 29 heavy (non-hydrogen) atoms. The minimum Gasteiger partial charge on any atom is -0.350 e. The molecule has 9 heteroatoms. The quantitative estimate of drug-likeness (QED) is 0.614. The van der Waals surface area contributed by atoms with Crippen molar-refractivity contribution < 1.29 is 13.2 Å². The number of aromatic nitrogens is 5. The summed E-state index contributed by atoms with van der Waals surface area (Å²) in [6.45, 7) is 3.76. The van der Waals surface area contributed by atoms with Crippen LogP contribution in [0.4, 0.5) is 19.1 Å². The Morgan fingerprint density at radius 1 is 1.24 bits per heavy atom. The van der Waals surface area contributed by atoms with Crippen LogP contribution in [0.3, 0.4) is 0 Å². The van der Waals surface area contributed by atoms with E-state index in [2.05, 4.69) is 38.6 Å². The molecule has 1 atom stereocenters. The molecule has 4 rings (SSSR count). The van der Waals surface area contributed by atoms with Crippen molar-refractivity contribution in [2.45, 2.75) is 64.1 Å². The summed E-state index contributed by atoms with van der Waals surface area (Å²) in [6.07, 6.45) is 4.56. The Bertz CT molecular complexity index is 955. The van der Waals surface area contributed by atoms with Crippen LogP contribution in [0.25, 0.3) is 16.6 Å². The fraction of sp³-hybridized carbons (Fsp3) is 0.550. The second kappa shape index (κ2) is 7.68. The van der Waals surface area contributed by atoms with Gasteiger partial charge in [-0.25, -0.2) is 9.50 Å². The number of H-pyrrole nitrogens is 1. The number of halogens is 3. The Morgan fingerprint density at radius 3 is 2.66 bits per heavy atom. The van der Waals surface area contributed by atoms with E-state index in [-0.39, 0.29) is 5.95 Å². The predicted molar refractivity (Wildman–Crippen MR) is 105 cm³/mol. The Hall–Kier alpha value is -2.58. The number of nitrogens with one attached hydrogen (secondary N) is 2. The van der Waals surface area contributed by atoms with Crippen LogP contribution in [-0.2, 0) is 0 Å². The Balaban J connectivity index is 1.70.